The smallest absolute Gasteiger partial charge is 0.258 e. The predicted octanol–water partition coefficient (Wildman–Crippen LogP) is 3.64. The van der Waals surface area contributed by atoms with Gasteiger partial charge in [0.25, 0.3) is 5.56 Å². The van der Waals surface area contributed by atoms with Crippen LogP contribution >= 0.6 is 0 Å². The number of benzene rings is 2. The number of ether oxygens (including phenoxy) is 2. The summed E-state index contributed by atoms with van der Waals surface area (Å²) in [5.41, 5.74) is 3.15. The first-order chi connectivity index (χ1) is 14.0. The lowest BCUT2D eigenvalue weighted by Gasteiger charge is -2.22. The Morgan fingerprint density at radius 1 is 1.17 bits per heavy atom. The van der Waals surface area contributed by atoms with Crippen molar-refractivity contribution in [1.82, 2.24) is 9.97 Å². The van der Waals surface area contributed by atoms with Crippen LogP contribution in [0.2, 0.25) is 0 Å². The Morgan fingerprint density at radius 3 is 2.83 bits per heavy atom. The third kappa shape index (κ3) is 3.98. The molecule has 1 N–H and O–H groups in total. The number of rotatable bonds is 7. The molecule has 0 aliphatic carbocycles. The van der Waals surface area contributed by atoms with E-state index >= 15 is 0 Å². The third-order valence-corrected chi connectivity index (χ3v) is 5.39. The number of para-hydroxylation sites is 1. The number of methoxy groups -OCH3 is 1. The summed E-state index contributed by atoms with van der Waals surface area (Å²) in [7, 11) is 1.67. The second kappa shape index (κ2) is 7.87. The Balaban J connectivity index is 1.56. The van der Waals surface area contributed by atoms with E-state index in [1.807, 2.05) is 12.1 Å². The number of hydrogen-bond acceptors (Lipinski definition) is 5. The summed E-state index contributed by atoms with van der Waals surface area (Å²) in [6, 6.07) is 13.9. The van der Waals surface area contributed by atoms with E-state index in [0.717, 1.165) is 13.0 Å². The van der Waals surface area contributed by atoms with Gasteiger partial charge < -0.3 is 19.4 Å². The van der Waals surface area contributed by atoms with Crippen LogP contribution in [0.1, 0.15) is 31.7 Å². The van der Waals surface area contributed by atoms with Gasteiger partial charge in [0, 0.05) is 37.8 Å². The zero-order valence-corrected chi connectivity index (χ0v) is 17.2. The summed E-state index contributed by atoms with van der Waals surface area (Å²) in [6.45, 7) is 7.15. The monoisotopic (exact) mass is 393 g/mol. The van der Waals surface area contributed by atoms with Crippen molar-refractivity contribution in [2.45, 2.75) is 32.2 Å². The second-order valence-electron chi connectivity index (χ2n) is 8.14. The molecule has 0 unspecified atom stereocenters. The maximum atomic E-state index is 12.7. The molecular formula is C23H27N3O3. The molecule has 1 aliphatic heterocycles. The average Bonchev–Trinajstić information content (AvgIpc) is 2.96. The van der Waals surface area contributed by atoms with Crippen molar-refractivity contribution in [3.05, 3.63) is 64.2 Å². The highest BCUT2D eigenvalue weighted by Gasteiger charge is 2.34. The molecule has 152 valence electrons. The molecule has 0 saturated heterocycles. The van der Waals surface area contributed by atoms with E-state index in [4.69, 9.17) is 14.5 Å². The van der Waals surface area contributed by atoms with Crippen molar-refractivity contribution >= 4 is 16.6 Å². The molecule has 4 rings (SSSR count). The van der Waals surface area contributed by atoms with E-state index in [-0.39, 0.29) is 11.0 Å². The molecule has 3 aromatic rings. The van der Waals surface area contributed by atoms with E-state index in [1.165, 1.54) is 11.3 Å². The van der Waals surface area contributed by atoms with Gasteiger partial charge in [0.2, 0.25) is 0 Å². The van der Waals surface area contributed by atoms with Crippen LogP contribution in [-0.2, 0) is 16.7 Å². The molecule has 6 heteroatoms. The Bertz CT molecular complexity index is 1070. The zero-order valence-electron chi connectivity index (χ0n) is 17.2. The second-order valence-corrected chi connectivity index (χ2v) is 8.14. The lowest BCUT2D eigenvalue weighted by Crippen LogP contribution is -2.29. The van der Waals surface area contributed by atoms with Gasteiger partial charge in [0.1, 0.15) is 11.6 Å². The Kier molecular flexibility index (Phi) is 5.28. The summed E-state index contributed by atoms with van der Waals surface area (Å²) in [6.07, 6.45) is 0.801. The normalized spacial score (nSPS) is 14.9. The van der Waals surface area contributed by atoms with Gasteiger partial charge in [-0.1, -0.05) is 32.0 Å². The highest BCUT2D eigenvalue weighted by molar-refractivity contribution is 5.79. The number of H-pyrrole nitrogens is 1. The van der Waals surface area contributed by atoms with E-state index in [2.05, 4.69) is 48.0 Å². The lowest BCUT2D eigenvalue weighted by atomic mass is 9.87. The molecule has 2 heterocycles. The number of aromatic nitrogens is 2. The van der Waals surface area contributed by atoms with Crippen LogP contribution in [0.5, 0.6) is 5.75 Å². The van der Waals surface area contributed by atoms with Crippen LogP contribution < -0.4 is 15.2 Å². The van der Waals surface area contributed by atoms with Crippen LogP contribution in [0.15, 0.2) is 47.3 Å². The van der Waals surface area contributed by atoms with Gasteiger partial charge in [-0.15, -0.1) is 0 Å². The molecular weight excluding hydrogens is 366 g/mol. The van der Waals surface area contributed by atoms with Crippen molar-refractivity contribution < 1.29 is 9.47 Å². The van der Waals surface area contributed by atoms with Gasteiger partial charge in [-0.05, 0) is 29.8 Å². The average molecular weight is 393 g/mol. The van der Waals surface area contributed by atoms with E-state index in [1.54, 1.807) is 13.2 Å². The quantitative estimate of drug-likeness (QED) is 0.621. The fourth-order valence-corrected chi connectivity index (χ4v) is 4.02. The van der Waals surface area contributed by atoms with Crippen LogP contribution in [-0.4, -0.2) is 36.8 Å². The van der Waals surface area contributed by atoms with Crippen LogP contribution in [0, 0.1) is 0 Å². The Hall–Kier alpha value is -2.86. The number of nitrogens with zero attached hydrogens (tertiary/aromatic N) is 2. The molecule has 0 atom stereocenters. The number of hydrogen-bond donors (Lipinski definition) is 1. The zero-order chi connectivity index (χ0) is 20.4. The van der Waals surface area contributed by atoms with E-state index in [9.17, 15) is 4.79 Å². The van der Waals surface area contributed by atoms with Gasteiger partial charge in [0.15, 0.2) is 0 Å². The van der Waals surface area contributed by atoms with E-state index < -0.39 is 0 Å². The molecule has 1 aromatic heterocycles. The molecule has 0 radical (unpaired) electrons. The summed E-state index contributed by atoms with van der Waals surface area (Å²) in [4.78, 5) is 22.6. The summed E-state index contributed by atoms with van der Waals surface area (Å²) < 4.78 is 10.7. The van der Waals surface area contributed by atoms with Crippen molar-refractivity contribution in [3.8, 4) is 5.75 Å². The molecule has 2 aromatic carbocycles. The minimum atomic E-state index is -0.140. The largest absolute Gasteiger partial charge is 0.493 e. The summed E-state index contributed by atoms with van der Waals surface area (Å²) in [5.74, 6) is 1.34. The van der Waals surface area contributed by atoms with E-state index in [0.29, 0.717) is 42.2 Å². The predicted molar refractivity (Wildman–Crippen MR) is 115 cm³/mol. The van der Waals surface area contributed by atoms with Crippen molar-refractivity contribution in [2.75, 3.05) is 31.8 Å². The van der Waals surface area contributed by atoms with Gasteiger partial charge in [-0.2, -0.15) is 0 Å². The fraction of sp³-hybridized carbons (Fsp3) is 0.391. The first-order valence-electron chi connectivity index (χ1n) is 9.97. The molecule has 0 spiro atoms. The standard InChI is InChI=1S/C23H27N3O3/c1-23(2)15-26(20-8-5-4-7-18(20)23)14-21-24-19-10-9-16(29-12-6-11-28-3)13-17(19)22(27)25-21/h4-5,7-10,13H,6,11-12,14-15H2,1-3H3,(H,24,25,27). The number of nitrogens with one attached hydrogen (secondary N) is 1. The minimum absolute atomic E-state index is 0.0722. The van der Waals surface area contributed by atoms with Crippen molar-refractivity contribution in [3.63, 3.8) is 0 Å². The maximum absolute atomic E-state index is 12.7. The number of anilines is 1. The van der Waals surface area contributed by atoms with Gasteiger partial charge in [0.05, 0.1) is 24.1 Å². The van der Waals surface area contributed by atoms with Crippen LogP contribution in [0.3, 0.4) is 0 Å². The van der Waals surface area contributed by atoms with Gasteiger partial charge >= 0.3 is 0 Å². The maximum Gasteiger partial charge on any atom is 0.258 e. The first kappa shape index (κ1) is 19.5. The lowest BCUT2D eigenvalue weighted by molar-refractivity contribution is 0.172. The minimum Gasteiger partial charge on any atom is -0.493 e. The van der Waals surface area contributed by atoms with Gasteiger partial charge in [-0.25, -0.2) is 4.98 Å². The molecule has 1 aliphatic rings. The number of fused-ring (bicyclic) bond motifs is 2. The molecule has 0 fully saturated rings. The van der Waals surface area contributed by atoms with Crippen molar-refractivity contribution in [1.29, 1.82) is 0 Å². The fourth-order valence-electron chi connectivity index (χ4n) is 4.02. The van der Waals surface area contributed by atoms with Crippen LogP contribution in [0.4, 0.5) is 5.69 Å². The molecule has 0 bridgehead atoms. The number of aromatic amines is 1. The third-order valence-electron chi connectivity index (χ3n) is 5.39. The SMILES string of the molecule is COCCCOc1ccc2nc(CN3CC(C)(C)c4ccccc43)[nH]c(=O)c2c1. The van der Waals surface area contributed by atoms with Gasteiger partial charge in [-0.3, -0.25) is 4.79 Å². The molecule has 6 nitrogen and oxygen atoms in total. The highest BCUT2D eigenvalue weighted by atomic mass is 16.5. The Labute approximate surface area is 170 Å². The first-order valence-corrected chi connectivity index (χ1v) is 9.97. The van der Waals surface area contributed by atoms with Crippen LogP contribution in [0.25, 0.3) is 10.9 Å². The summed E-state index contributed by atoms with van der Waals surface area (Å²) in [5, 5.41) is 0.542. The topological polar surface area (TPSA) is 67.5 Å². The van der Waals surface area contributed by atoms with Crippen molar-refractivity contribution in [2.24, 2.45) is 0 Å². The molecule has 29 heavy (non-hydrogen) atoms. The highest BCUT2D eigenvalue weighted by Crippen LogP contribution is 2.40. The molecule has 0 saturated carbocycles. The summed E-state index contributed by atoms with van der Waals surface area (Å²) >= 11 is 0. The molecule has 0 amide bonds. The Morgan fingerprint density at radius 2 is 2.00 bits per heavy atom.